The molecule has 2 aliphatic rings. The maximum Gasteiger partial charge on any atom is 0.124 e. The number of rotatable bonds is 6. The molecule has 1 aliphatic carbocycles. The predicted octanol–water partition coefficient (Wildman–Crippen LogP) is 2.07. The summed E-state index contributed by atoms with van der Waals surface area (Å²) >= 11 is 0. The van der Waals surface area contributed by atoms with Crippen LogP contribution in [0.4, 0.5) is 0 Å². The van der Waals surface area contributed by atoms with E-state index >= 15 is 0 Å². The Morgan fingerprint density at radius 1 is 1.26 bits per heavy atom. The third-order valence-corrected chi connectivity index (χ3v) is 4.99. The SMILES string of the molecule is CCOc1cc2c(cc1CN1CC[C@@](O)(CN(C)C)C1)CCC2. The van der Waals surface area contributed by atoms with E-state index in [1.165, 1.54) is 36.0 Å². The number of aryl methyl sites for hydroxylation is 2. The zero-order valence-electron chi connectivity index (χ0n) is 14.8. The average Bonchev–Trinajstić information content (AvgIpc) is 3.05. The van der Waals surface area contributed by atoms with E-state index in [1.807, 2.05) is 21.0 Å². The molecule has 0 saturated carbocycles. The fraction of sp³-hybridized carbons (Fsp3) is 0.684. The van der Waals surface area contributed by atoms with E-state index < -0.39 is 5.60 Å². The van der Waals surface area contributed by atoms with Crippen LogP contribution in [0.15, 0.2) is 12.1 Å². The highest BCUT2D eigenvalue weighted by molar-refractivity contribution is 5.45. The lowest BCUT2D eigenvalue weighted by Crippen LogP contribution is -2.42. The number of likely N-dealkylation sites (tertiary alicyclic amines) is 1. The highest BCUT2D eigenvalue weighted by Gasteiger charge is 2.36. The predicted molar refractivity (Wildman–Crippen MR) is 93.0 cm³/mol. The van der Waals surface area contributed by atoms with Crippen LogP contribution in [0.5, 0.6) is 5.75 Å². The summed E-state index contributed by atoms with van der Waals surface area (Å²) in [5, 5.41) is 10.7. The van der Waals surface area contributed by atoms with Gasteiger partial charge in [0.15, 0.2) is 0 Å². The molecule has 0 unspecified atom stereocenters. The number of nitrogens with zero attached hydrogens (tertiary/aromatic N) is 2. The normalized spacial score (nSPS) is 24.4. The molecule has 0 bridgehead atoms. The monoisotopic (exact) mass is 318 g/mol. The van der Waals surface area contributed by atoms with Gasteiger partial charge < -0.3 is 14.7 Å². The molecule has 1 heterocycles. The average molecular weight is 318 g/mol. The summed E-state index contributed by atoms with van der Waals surface area (Å²) < 4.78 is 5.89. The van der Waals surface area contributed by atoms with Crippen molar-refractivity contribution in [2.24, 2.45) is 0 Å². The van der Waals surface area contributed by atoms with Crippen LogP contribution in [0.1, 0.15) is 36.5 Å². The Morgan fingerprint density at radius 3 is 2.70 bits per heavy atom. The largest absolute Gasteiger partial charge is 0.494 e. The topological polar surface area (TPSA) is 35.9 Å². The summed E-state index contributed by atoms with van der Waals surface area (Å²) in [7, 11) is 4.04. The molecule has 1 saturated heterocycles. The van der Waals surface area contributed by atoms with Crippen LogP contribution in [-0.4, -0.2) is 60.8 Å². The van der Waals surface area contributed by atoms with Crippen molar-refractivity contribution < 1.29 is 9.84 Å². The van der Waals surface area contributed by atoms with E-state index in [-0.39, 0.29) is 0 Å². The molecule has 1 N–H and O–H groups in total. The third-order valence-electron chi connectivity index (χ3n) is 4.99. The first-order valence-corrected chi connectivity index (χ1v) is 8.86. The van der Waals surface area contributed by atoms with Crippen molar-refractivity contribution in [2.75, 3.05) is 40.3 Å². The number of aliphatic hydroxyl groups is 1. The minimum absolute atomic E-state index is 0.577. The molecule has 0 spiro atoms. The highest BCUT2D eigenvalue weighted by Crippen LogP contribution is 2.32. The minimum Gasteiger partial charge on any atom is -0.494 e. The third kappa shape index (κ3) is 3.87. The Bertz CT molecular complexity index is 559. The summed E-state index contributed by atoms with van der Waals surface area (Å²) in [4.78, 5) is 4.44. The Kier molecular flexibility index (Phi) is 4.95. The van der Waals surface area contributed by atoms with Crippen molar-refractivity contribution >= 4 is 0 Å². The summed E-state index contributed by atoms with van der Waals surface area (Å²) in [6.45, 7) is 6.05. The van der Waals surface area contributed by atoms with Crippen molar-refractivity contribution in [1.82, 2.24) is 9.80 Å². The maximum atomic E-state index is 10.7. The number of ether oxygens (including phenoxy) is 1. The molecule has 1 atom stereocenters. The van der Waals surface area contributed by atoms with Crippen LogP contribution in [0, 0.1) is 0 Å². The molecule has 0 amide bonds. The number of hydrogen-bond donors (Lipinski definition) is 1. The van der Waals surface area contributed by atoms with Crippen molar-refractivity contribution in [2.45, 2.75) is 44.8 Å². The zero-order chi connectivity index (χ0) is 16.4. The molecule has 128 valence electrons. The molecule has 1 aliphatic heterocycles. The van der Waals surface area contributed by atoms with Gasteiger partial charge in [0.05, 0.1) is 12.2 Å². The molecule has 1 aromatic rings. The molecule has 4 nitrogen and oxygen atoms in total. The van der Waals surface area contributed by atoms with E-state index in [4.69, 9.17) is 4.74 Å². The van der Waals surface area contributed by atoms with Crippen LogP contribution >= 0.6 is 0 Å². The summed E-state index contributed by atoms with van der Waals surface area (Å²) in [6.07, 6.45) is 4.48. The summed E-state index contributed by atoms with van der Waals surface area (Å²) in [6, 6.07) is 4.60. The van der Waals surface area contributed by atoms with Crippen LogP contribution < -0.4 is 4.74 Å². The van der Waals surface area contributed by atoms with Gasteiger partial charge in [-0.1, -0.05) is 6.07 Å². The van der Waals surface area contributed by atoms with Crippen molar-refractivity contribution in [3.05, 3.63) is 28.8 Å². The van der Waals surface area contributed by atoms with Crippen molar-refractivity contribution in [3.8, 4) is 5.75 Å². The minimum atomic E-state index is -0.577. The van der Waals surface area contributed by atoms with Gasteiger partial charge in [0, 0.05) is 31.7 Å². The van der Waals surface area contributed by atoms with Gasteiger partial charge >= 0.3 is 0 Å². The molecule has 3 rings (SSSR count). The molecule has 23 heavy (non-hydrogen) atoms. The molecule has 1 aromatic carbocycles. The lowest BCUT2D eigenvalue weighted by Gasteiger charge is -2.27. The standard InChI is InChI=1S/C19H30N2O2/c1-4-23-18-11-16-7-5-6-15(16)10-17(18)12-21-9-8-19(22,14-21)13-20(2)3/h10-11,22H,4-9,12-14H2,1-3H3/t19-/m1/s1. The van der Waals surface area contributed by atoms with Crippen LogP contribution in [0.3, 0.4) is 0 Å². The first-order valence-electron chi connectivity index (χ1n) is 8.86. The van der Waals surface area contributed by atoms with Crippen LogP contribution in [-0.2, 0) is 19.4 Å². The van der Waals surface area contributed by atoms with Crippen molar-refractivity contribution in [1.29, 1.82) is 0 Å². The van der Waals surface area contributed by atoms with Gasteiger partial charge in [-0.3, -0.25) is 4.90 Å². The second kappa shape index (κ2) is 6.80. The second-order valence-corrected chi connectivity index (χ2v) is 7.44. The number of fused-ring (bicyclic) bond motifs is 1. The molecule has 0 aromatic heterocycles. The van der Waals surface area contributed by atoms with Gasteiger partial charge in [0.1, 0.15) is 5.75 Å². The highest BCUT2D eigenvalue weighted by atomic mass is 16.5. The quantitative estimate of drug-likeness (QED) is 0.871. The van der Waals surface area contributed by atoms with Gasteiger partial charge in [-0.15, -0.1) is 0 Å². The maximum absolute atomic E-state index is 10.7. The Balaban J connectivity index is 1.73. The second-order valence-electron chi connectivity index (χ2n) is 7.44. The van der Waals surface area contributed by atoms with Gasteiger partial charge in [-0.2, -0.15) is 0 Å². The first-order chi connectivity index (χ1) is 11.0. The Labute approximate surface area is 140 Å². The van der Waals surface area contributed by atoms with E-state index in [1.54, 1.807) is 0 Å². The van der Waals surface area contributed by atoms with E-state index in [0.717, 1.165) is 38.3 Å². The molecular formula is C19H30N2O2. The Morgan fingerprint density at radius 2 is 2.00 bits per heavy atom. The van der Waals surface area contributed by atoms with Gasteiger partial charge in [-0.05, 0) is 63.9 Å². The van der Waals surface area contributed by atoms with E-state index in [2.05, 4.69) is 21.9 Å². The molecule has 4 heteroatoms. The number of β-amino-alcohol motifs (C(OH)–C–C–N with tert-alkyl or cyclic N) is 1. The zero-order valence-corrected chi connectivity index (χ0v) is 14.8. The first kappa shape index (κ1) is 16.7. The lowest BCUT2D eigenvalue weighted by molar-refractivity contribution is 0.0239. The van der Waals surface area contributed by atoms with Crippen LogP contribution in [0.2, 0.25) is 0 Å². The van der Waals surface area contributed by atoms with Gasteiger partial charge in [0.2, 0.25) is 0 Å². The van der Waals surface area contributed by atoms with Gasteiger partial charge in [-0.25, -0.2) is 0 Å². The van der Waals surface area contributed by atoms with Crippen molar-refractivity contribution in [3.63, 3.8) is 0 Å². The molecule has 1 fully saturated rings. The fourth-order valence-electron chi connectivity index (χ4n) is 4.10. The Hall–Kier alpha value is -1.10. The fourth-order valence-corrected chi connectivity index (χ4v) is 4.10. The van der Waals surface area contributed by atoms with E-state index in [9.17, 15) is 5.11 Å². The van der Waals surface area contributed by atoms with Crippen LogP contribution in [0.25, 0.3) is 0 Å². The smallest absolute Gasteiger partial charge is 0.124 e. The molecular weight excluding hydrogens is 288 g/mol. The van der Waals surface area contributed by atoms with E-state index in [0.29, 0.717) is 6.61 Å². The number of likely N-dealkylation sites (N-methyl/N-ethyl adjacent to an activating group) is 1. The molecule has 0 radical (unpaired) electrons. The summed E-state index contributed by atoms with van der Waals surface area (Å²) in [5.74, 6) is 1.04. The number of benzene rings is 1. The number of hydrogen-bond acceptors (Lipinski definition) is 4. The summed E-state index contributed by atoms with van der Waals surface area (Å²) in [5.41, 5.74) is 3.65. The lowest BCUT2D eigenvalue weighted by atomic mass is 10.0. The van der Waals surface area contributed by atoms with Gasteiger partial charge in [0.25, 0.3) is 0 Å².